The Labute approximate surface area is 168 Å². The Morgan fingerprint density at radius 3 is 2.83 bits per heavy atom. The van der Waals surface area contributed by atoms with Gasteiger partial charge in [0.1, 0.15) is 5.41 Å². The molecule has 0 saturated carbocycles. The Kier molecular flexibility index (Phi) is 4.86. The van der Waals surface area contributed by atoms with Crippen LogP contribution < -0.4 is 5.32 Å². The van der Waals surface area contributed by atoms with Crippen molar-refractivity contribution in [2.75, 3.05) is 19.0 Å². The van der Waals surface area contributed by atoms with Crippen LogP contribution in [-0.2, 0) is 31.6 Å². The van der Waals surface area contributed by atoms with Crippen LogP contribution in [0.5, 0.6) is 0 Å². The molecule has 1 saturated heterocycles. The SMILES string of the molecule is COC(=O)CCCC(=O)N1CCC2(C(=O)Nc3ccccc32)C1c1cnn(C)c1. The molecule has 2 aromatic rings. The highest BCUT2D eigenvalue weighted by Gasteiger charge is 2.59. The maximum atomic E-state index is 13.2. The molecule has 1 fully saturated rings. The lowest BCUT2D eigenvalue weighted by Crippen LogP contribution is -2.42. The van der Waals surface area contributed by atoms with Crippen LogP contribution >= 0.6 is 0 Å². The van der Waals surface area contributed by atoms with E-state index in [1.54, 1.807) is 15.8 Å². The van der Waals surface area contributed by atoms with E-state index in [9.17, 15) is 14.4 Å². The summed E-state index contributed by atoms with van der Waals surface area (Å²) in [6.07, 6.45) is 4.96. The number of ether oxygens (including phenoxy) is 1. The van der Waals surface area contributed by atoms with Gasteiger partial charge in [0, 0.05) is 43.9 Å². The maximum absolute atomic E-state index is 13.2. The highest BCUT2D eigenvalue weighted by atomic mass is 16.5. The molecule has 2 unspecified atom stereocenters. The van der Waals surface area contributed by atoms with Gasteiger partial charge in [-0.1, -0.05) is 18.2 Å². The van der Waals surface area contributed by atoms with E-state index in [-0.39, 0.29) is 30.6 Å². The third-order valence-corrected chi connectivity index (χ3v) is 5.95. The quantitative estimate of drug-likeness (QED) is 0.780. The lowest BCUT2D eigenvalue weighted by Gasteiger charge is -2.33. The van der Waals surface area contributed by atoms with Crippen molar-refractivity contribution in [1.82, 2.24) is 14.7 Å². The van der Waals surface area contributed by atoms with Crippen molar-refractivity contribution >= 4 is 23.5 Å². The monoisotopic (exact) mass is 396 g/mol. The summed E-state index contributed by atoms with van der Waals surface area (Å²) < 4.78 is 6.33. The molecular formula is C21H24N4O4. The van der Waals surface area contributed by atoms with Gasteiger partial charge in [0.2, 0.25) is 11.8 Å². The number of hydrogen-bond acceptors (Lipinski definition) is 5. The topological polar surface area (TPSA) is 93.5 Å². The second-order valence-corrected chi connectivity index (χ2v) is 7.59. The number of carbonyl (C=O) groups excluding carboxylic acids is 3. The molecule has 8 heteroatoms. The van der Waals surface area contributed by atoms with Gasteiger partial charge in [0.15, 0.2) is 0 Å². The minimum Gasteiger partial charge on any atom is -0.469 e. The van der Waals surface area contributed by atoms with Crippen molar-refractivity contribution in [1.29, 1.82) is 0 Å². The van der Waals surface area contributed by atoms with Gasteiger partial charge in [-0.3, -0.25) is 19.1 Å². The molecule has 152 valence electrons. The van der Waals surface area contributed by atoms with E-state index < -0.39 is 11.5 Å². The number of esters is 1. The first kappa shape index (κ1) is 19.2. The number of aromatic nitrogens is 2. The van der Waals surface area contributed by atoms with E-state index in [1.165, 1.54) is 7.11 Å². The second kappa shape index (κ2) is 7.35. The Morgan fingerprint density at radius 2 is 2.10 bits per heavy atom. The van der Waals surface area contributed by atoms with E-state index in [1.807, 2.05) is 37.5 Å². The third-order valence-electron chi connectivity index (χ3n) is 5.95. The van der Waals surface area contributed by atoms with E-state index in [0.29, 0.717) is 19.4 Å². The zero-order valence-electron chi connectivity index (χ0n) is 16.6. The third kappa shape index (κ3) is 3.08. The highest BCUT2D eigenvalue weighted by Crippen LogP contribution is 2.54. The van der Waals surface area contributed by atoms with Gasteiger partial charge in [0.25, 0.3) is 0 Å². The lowest BCUT2D eigenvalue weighted by molar-refractivity contribution is -0.141. The molecule has 1 aromatic heterocycles. The minimum absolute atomic E-state index is 0.0724. The van der Waals surface area contributed by atoms with Crippen molar-refractivity contribution in [2.45, 2.75) is 37.1 Å². The number of methoxy groups -OCH3 is 1. The number of carbonyl (C=O) groups is 3. The molecule has 8 nitrogen and oxygen atoms in total. The number of nitrogens with one attached hydrogen (secondary N) is 1. The number of rotatable bonds is 5. The standard InChI is InChI=1S/C21H24N4O4/c1-24-13-14(12-22-24)19-21(15-6-3-4-7-16(15)23-20(21)28)10-11-25(19)17(26)8-5-9-18(27)29-2/h3-4,6-7,12-13,19H,5,8-11H2,1-2H3,(H,23,28). The smallest absolute Gasteiger partial charge is 0.305 e. The van der Waals surface area contributed by atoms with Crippen LogP contribution in [0, 0.1) is 0 Å². The van der Waals surface area contributed by atoms with Crippen LogP contribution in [0.3, 0.4) is 0 Å². The molecule has 1 spiro atoms. The predicted octanol–water partition coefficient (Wildman–Crippen LogP) is 1.93. The average molecular weight is 396 g/mol. The molecule has 29 heavy (non-hydrogen) atoms. The Morgan fingerprint density at radius 1 is 1.31 bits per heavy atom. The van der Waals surface area contributed by atoms with Gasteiger partial charge in [-0.15, -0.1) is 0 Å². The van der Waals surface area contributed by atoms with Gasteiger partial charge >= 0.3 is 5.97 Å². The van der Waals surface area contributed by atoms with E-state index in [0.717, 1.165) is 16.8 Å². The number of likely N-dealkylation sites (tertiary alicyclic amines) is 1. The Bertz CT molecular complexity index is 969. The summed E-state index contributed by atoms with van der Waals surface area (Å²) in [6.45, 7) is 0.471. The van der Waals surface area contributed by atoms with Gasteiger partial charge in [0.05, 0.1) is 19.3 Å². The molecule has 0 bridgehead atoms. The molecule has 0 aliphatic carbocycles. The van der Waals surface area contributed by atoms with Crippen molar-refractivity contribution in [3.63, 3.8) is 0 Å². The fourth-order valence-electron chi connectivity index (χ4n) is 4.63. The summed E-state index contributed by atoms with van der Waals surface area (Å²) in [6, 6.07) is 7.22. The Hall–Kier alpha value is -3.16. The molecule has 3 heterocycles. The summed E-state index contributed by atoms with van der Waals surface area (Å²) in [4.78, 5) is 39.4. The largest absolute Gasteiger partial charge is 0.469 e. The number of anilines is 1. The molecule has 4 rings (SSSR count). The number of nitrogens with zero attached hydrogens (tertiary/aromatic N) is 3. The van der Waals surface area contributed by atoms with Crippen molar-refractivity contribution in [3.8, 4) is 0 Å². The average Bonchev–Trinajstić information content (AvgIpc) is 3.39. The lowest BCUT2D eigenvalue weighted by atomic mass is 9.73. The summed E-state index contributed by atoms with van der Waals surface area (Å²) in [7, 11) is 3.15. The summed E-state index contributed by atoms with van der Waals surface area (Å²) in [5.41, 5.74) is 1.71. The number of benzene rings is 1. The zero-order valence-corrected chi connectivity index (χ0v) is 16.6. The van der Waals surface area contributed by atoms with Crippen molar-refractivity contribution in [3.05, 3.63) is 47.8 Å². The van der Waals surface area contributed by atoms with Crippen LogP contribution in [0.2, 0.25) is 0 Å². The predicted molar refractivity (Wildman–Crippen MR) is 105 cm³/mol. The Balaban J connectivity index is 1.68. The van der Waals surface area contributed by atoms with Gasteiger partial charge in [-0.2, -0.15) is 5.10 Å². The first-order valence-corrected chi connectivity index (χ1v) is 9.73. The first-order valence-electron chi connectivity index (χ1n) is 9.73. The van der Waals surface area contributed by atoms with Crippen molar-refractivity contribution in [2.24, 2.45) is 7.05 Å². The fraction of sp³-hybridized carbons (Fsp3) is 0.429. The molecule has 2 amide bonds. The van der Waals surface area contributed by atoms with Crippen LogP contribution in [0.25, 0.3) is 0 Å². The molecule has 2 atom stereocenters. The number of hydrogen-bond donors (Lipinski definition) is 1. The van der Waals surface area contributed by atoms with Gasteiger partial charge in [-0.25, -0.2) is 0 Å². The number of para-hydroxylation sites is 1. The molecule has 2 aliphatic rings. The van der Waals surface area contributed by atoms with Crippen molar-refractivity contribution < 1.29 is 19.1 Å². The molecule has 0 radical (unpaired) electrons. The van der Waals surface area contributed by atoms with E-state index in [2.05, 4.69) is 15.2 Å². The van der Waals surface area contributed by atoms with Crippen LogP contribution in [0.4, 0.5) is 5.69 Å². The second-order valence-electron chi connectivity index (χ2n) is 7.59. The van der Waals surface area contributed by atoms with E-state index >= 15 is 0 Å². The zero-order chi connectivity index (χ0) is 20.6. The number of aryl methyl sites for hydroxylation is 1. The molecule has 1 aromatic carbocycles. The molecule has 1 N–H and O–H groups in total. The fourth-order valence-corrected chi connectivity index (χ4v) is 4.63. The van der Waals surface area contributed by atoms with Gasteiger partial charge in [-0.05, 0) is 24.5 Å². The van der Waals surface area contributed by atoms with Gasteiger partial charge < -0.3 is 15.0 Å². The first-order chi connectivity index (χ1) is 14.0. The normalized spacial score (nSPS) is 22.6. The molecule has 2 aliphatic heterocycles. The van der Waals surface area contributed by atoms with Crippen LogP contribution in [-0.4, -0.2) is 46.1 Å². The molecular weight excluding hydrogens is 372 g/mol. The summed E-state index contributed by atoms with van der Waals surface area (Å²) in [5.74, 6) is -0.488. The summed E-state index contributed by atoms with van der Waals surface area (Å²) >= 11 is 0. The highest BCUT2D eigenvalue weighted by molar-refractivity contribution is 6.07. The van der Waals surface area contributed by atoms with Crippen LogP contribution in [0.1, 0.15) is 42.9 Å². The maximum Gasteiger partial charge on any atom is 0.305 e. The van der Waals surface area contributed by atoms with E-state index in [4.69, 9.17) is 0 Å². The number of fused-ring (bicyclic) bond motifs is 2. The minimum atomic E-state index is -0.836. The number of amides is 2. The summed E-state index contributed by atoms with van der Waals surface area (Å²) in [5, 5.41) is 7.27. The van der Waals surface area contributed by atoms with Crippen LogP contribution in [0.15, 0.2) is 36.7 Å².